The van der Waals surface area contributed by atoms with Crippen LogP contribution in [0.3, 0.4) is 0 Å². The molecule has 0 amide bonds. The molecule has 1 aromatic heterocycles. The summed E-state index contributed by atoms with van der Waals surface area (Å²) in [5.41, 5.74) is 2.57. The van der Waals surface area contributed by atoms with Crippen LogP contribution in [0.25, 0.3) is 11.4 Å². The standard InChI is InChI=1S/C12H9N3O2S2/c16-15(17)10-4-2-1-3-7(10)11-13-9-6-19-5-8(9)12(18)14-11/h1-4H,5-6H2,(H,13,14,18). The number of hydrogen-bond acceptors (Lipinski definition) is 5. The van der Waals surface area contributed by atoms with Crippen LogP contribution < -0.4 is 0 Å². The molecule has 2 heterocycles. The number of rotatable bonds is 2. The van der Waals surface area contributed by atoms with Gasteiger partial charge in [0.15, 0.2) is 0 Å². The van der Waals surface area contributed by atoms with E-state index in [2.05, 4.69) is 9.97 Å². The van der Waals surface area contributed by atoms with Crippen molar-refractivity contribution in [1.82, 2.24) is 9.97 Å². The van der Waals surface area contributed by atoms with Crippen molar-refractivity contribution in [2.75, 3.05) is 0 Å². The highest BCUT2D eigenvalue weighted by Crippen LogP contribution is 2.32. The van der Waals surface area contributed by atoms with Crippen molar-refractivity contribution in [3.8, 4) is 11.4 Å². The first-order valence-electron chi connectivity index (χ1n) is 5.60. The van der Waals surface area contributed by atoms with Gasteiger partial charge in [0.25, 0.3) is 5.69 Å². The van der Waals surface area contributed by atoms with Crippen LogP contribution in [0.4, 0.5) is 5.69 Å². The Balaban J connectivity index is 2.21. The summed E-state index contributed by atoms with van der Waals surface area (Å²) in [5.74, 6) is 2.17. The summed E-state index contributed by atoms with van der Waals surface area (Å²) in [6, 6.07) is 6.54. The Bertz CT molecular complexity index is 727. The highest BCUT2D eigenvalue weighted by atomic mass is 32.2. The summed E-state index contributed by atoms with van der Waals surface area (Å²) in [6.07, 6.45) is 0. The molecular formula is C12H9N3O2S2. The predicted octanol–water partition coefficient (Wildman–Crippen LogP) is 3.46. The van der Waals surface area contributed by atoms with Crippen molar-refractivity contribution in [3.63, 3.8) is 0 Å². The molecule has 96 valence electrons. The van der Waals surface area contributed by atoms with Gasteiger partial charge in [-0.2, -0.15) is 11.8 Å². The molecule has 1 aliphatic rings. The molecule has 1 aromatic carbocycles. The smallest absolute Gasteiger partial charge is 0.280 e. The van der Waals surface area contributed by atoms with Crippen LogP contribution in [0.15, 0.2) is 24.3 Å². The van der Waals surface area contributed by atoms with Gasteiger partial charge < -0.3 is 4.98 Å². The van der Waals surface area contributed by atoms with Gasteiger partial charge in [-0.3, -0.25) is 10.1 Å². The molecular weight excluding hydrogens is 282 g/mol. The number of hydrogen-bond donors (Lipinski definition) is 1. The van der Waals surface area contributed by atoms with Crippen LogP contribution in [0.1, 0.15) is 11.3 Å². The van der Waals surface area contributed by atoms with Gasteiger partial charge in [0.2, 0.25) is 0 Å². The Labute approximate surface area is 118 Å². The van der Waals surface area contributed by atoms with Crippen LogP contribution in [0.2, 0.25) is 0 Å². The molecule has 0 unspecified atom stereocenters. The van der Waals surface area contributed by atoms with E-state index in [0.29, 0.717) is 16.0 Å². The average Bonchev–Trinajstić information content (AvgIpc) is 2.87. The highest BCUT2D eigenvalue weighted by molar-refractivity contribution is 7.98. The summed E-state index contributed by atoms with van der Waals surface area (Å²) in [4.78, 5) is 18.1. The molecule has 1 aliphatic heterocycles. The van der Waals surface area contributed by atoms with Crippen molar-refractivity contribution < 1.29 is 4.92 Å². The molecule has 0 aliphatic carbocycles. The quantitative estimate of drug-likeness (QED) is 0.521. The number of fused-ring (bicyclic) bond motifs is 1. The number of para-hydroxylation sites is 1. The first-order valence-corrected chi connectivity index (χ1v) is 7.16. The van der Waals surface area contributed by atoms with Crippen molar-refractivity contribution >= 4 is 29.7 Å². The number of aromatic amines is 1. The van der Waals surface area contributed by atoms with Crippen molar-refractivity contribution in [2.24, 2.45) is 0 Å². The van der Waals surface area contributed by atoms with Crippen molar-refractivity contribution in [2.45, 2.75) is 11.5 Å². The van der Waals surface area contributed by atoms with Gasteiger partial charge in [-0.1, -0.05) is 24.4 Å². The second kappa shape index (κ2) is 4.75. The van der Waals surface area contributed by atoms with Gasteiger partial charge in [-0.05, 0) is 6.07 Å². The molecule has 2 aromatic rings. The van der Waals surface area contributed by atoms with Crippen molar-refractivity contribution in [3.05, 3.63) is 50.3 Å². The number of nitro groups is 1. The molecule has 3 rings (SSSR count). The zero-order valence-electron chi connectivity index (χ0n) is 9.75. The zero-order valence-corrected chi connectivity index (χ0v) is 11.4. The van der Waals surface area contributed by atoms with Gasteiger partial charge in [-0.25, -0.2) is 4.98 Å². The topological polar surface area (TPSA) is 71.8 Å². The lowest BCUT2D eigenvalue weighted by Gasteiger charge is -2.05. The lowest BCUT2D eigenvalue weighted by molar-refractivity contribution is -0.384. The highest BCUT2D eigenvalue weighted by Gasteiger charge is 2.20. The summed E-state index contributed by atoms with van der Waals surface area (Å²) in [6.45, 7) is 0. The molecule has 0 fully saturated rings. The number of nitro benzene ring substituents is 1. The molecule has 0 saturated carbocycles. The zero-order chi connectivity index (χ0) is 13.4. The molecule has 0 radical (unpaired) electrons. The van der Waals surface area contributed by atoms with E-state index in [4.69, 9.17) is 12.2 Å². The minimum atomic E-state index is -0.407. The largest absolute Gasteiger partial charge is 0.342 e. The molecule has 0 bridgehead atoms. The number of aromatic nitrogens is 2. The van der Waals surface area contributed by atoms with Crippen molar-refractivity contribution in [1.29, 1.82) is 0 Å². The van der Waals surface area contributed by atoms with Crippen LogP contribution in [0, 0.1) is 14.8 Å². The normalized spacial score (nSPS) is 13.3. The van der Waals surface area contributed by atoms with Gasteiger partial charge in [0.05, 0.1) is 10.5 Å². The SMILES string of the molecule is O=[N+]([O-])c1ccccc1-c1nc(=S)c2c([nH]1)CSC2. The van der Waals surface area contributed by atoms with E-state index >= 15 is 0 Å². The Morgan fingerprint density at radius 1 is 1.37 bits per heavy atom. The minimum absolute atomic E-state index is 0.0336. The Hall–Kier alpha value is -1.73. The van der Waals surface area contributed by atoms with Gasteiger partial charge in [-0.15, -0.1) is 0 Å². The Kier molecular flexibility index (Phi) is 3.08. The maximum Gasteiger partial charge on any atom is 0.280 e. The molecule has 0 saturated heterocycles. The fraction of sp³-hybridized carbons (Fsp3) is 0.167. The molecule has 19 heavy (non-hydrogen) atoms. The Morgan fingerprint density at radius 2 is 2.16 bits per heavy atom. The second-order valence-corrected chi connectivity index (χ2v) is 5.49. The summed E-state index contributed by atoms with van der Waals surface area (Å²) < 4.78 is 0.534. The second-order valence-electron chi connectivity index (χ2n) is 4.11. The van der Waals surface area contributed by atoms with Crippen LogP contribution >= 0.6 is 24.0 Å². The molecule has 1 N–H and O–H groups in total. The van der Waals surface area contributed by atoms with Crippen LogP contribution in [-0.2, 0) is 11.5 Å². The summed E-state index contributed by atoms with van der Waals surface area (Å²) in [5, 5.41) is 11.0. The van der Waals surface area contributed by atoms with Gasteiger partial charge in [0, 0.05) is 28.8 Å². The molecule has 0 atom stereocenters. The number of H-pyrrole nitrogens is 1. The van der Waals surface area contributed by atoms with E-state index < -0.39 is 4.92 Å². The third-order valence-corrected chi connectivity index (χ3v) is 4.28. The molecule has 7 heteroatoms. The maximum atomic E-state index is 11.0. The molecule has 5 nitrogen and oxygen atoms in total. The lowest BCUT2D eigenvalue weighted by Crippen LogP contribution is -1.99. The monoisotopic (exact) mass is 291 g/mol. The first-order chi connectivity index (χ1) is 9.16. The number of thioether (sulfide) groups is 1. The number of nitrogens with zero attached hydrogens (tertiary/aromatic N) is 2. The van der Waals surface area contributed by atoms with E-state index in [9.17, 15) is 10.1 Å². The first kappa shape index (κ1) is 12.3. The number of benzene rings is 1. The predicted molar refractivity (Wildman–Crippen MR) is 76.5 cm³/mol. The van der Waals surface area contributed by atoms with E-state index in [-0.39, 0.29) is 5.69 Å². The maximum absolute atomic E-state index is 11.0. The summed E-state index contributed by atoms with van der Waals surface area (Å²) >= 11 is 7.02. The van der Waals surface area contributed by atoms with Gasteiger partial charge in [0.1, 0.15) is 10.5 Å². The molecule has 0 spiro atoms. The van der Waals surface area contributed by atoms with Gasteiger partial charge >= 0.3 is 0 Å². The average molecular weight is 291 g/mol. The minimum Gasteiger partial charge on any atom is -0.342 e. The lowest BCUT2D eigenvalue weighted by atomic mass is 10.1. The van der Waals surface area contributed by atoms with Crippen LogP contribution in [-0.4, -0.2) is 14.9 Å². The van der Waals surface area contributed by atoms with E-state index in [0.717, 1.165) is 22.8 Å². The third kappa shape index (κ3) is 2.15. The number of nitrogens with one attached hydrogen (secondary N) is 1. The fourth-order valence-corrected chi connectivity index (χ4v) is 3.48. The Morgan fingerprint density at radius 3 is 2.95 bits per heavy atom. The van der Waals surface area contributed by atoms with E-state index in [1.807, 2.05) is 0 Å². The third-order valence-electron chi connectivity index (χ3n) is 2.95. The van der Waals surface area contributed by atoms with Crippen LogP contribution in [0.5, 0.6) is 0 Å². The fourth-order valence-electron chi connectivity index (χ4n) is 2.03. The van der Waals surface area contributed by atoms with E-state index in [1.54, 1.807) is 30.0 Å². The van der Waals surface area contributed by atoms with E-state index in [1.165, 1.54) is 6.07 Å². The summed E-state index contributed by atoms with van der Waals surface area (Å²) in [7, 11) is 0.